The van der Waals surface area contributed by atoms with E-state index in [2.05, 4.69) is 20.3 Å². The number of anilines is 1. The van der Waals surface area contributed by atoms with Gasteiger partial charge in [0.1, 0.15) is 12.1 Å². The second-order valence-electron chi connectivity index (χ2n) is 9.92. The lowest BCUT2D eigenvalue weighted by atomic mass is 10.0. The summed E-state index contributed by atoms with van der Waals surface area (Å²) in [6.45, 7) is 6.88. The number of carbonyl (C=O) groups is 7. The average Bonchev–Trinajstić information content (AvgIpc) is 3.29. The van der Waals surface area contributed by atoms with Gasteiger partial charge >= 0.3 is 29.8 Å². The van der Waals surface area contributed by atoms with Crippen molar-refractivity contribution in [1.29, 1.82) is 0 Å². The molecule has 2 aromatic heterocycles. The van der Waals surface area contributed by atoms with Crippen molar-refractivity contribution in [3.05, 3.63) is 24.3 Å². The quantitative estimate of drug-likeness (QED) is 0.116. The van der Waals surface area contributed by atoms with Crippen molar-refractivity contribution < 1.29 is 57.2 Å². The number of aromatic nitrogens is 4. The molecule has 0 saturated carbocycles. The normalized spacial score (nSPS) is 13.7. The van der Waals surface area contributed by atoms with Crippen LogP contribution in [0.1, 0.15) is 53.3 Å². The van der Waals surface area contributed by atoms with E-state index in [9.17, 15) is 33.6 Å². The second kappa shape index (κ2) is 15.5. The molecule has 4 atom stereocenters. The van der Waals surface area contributed by atoms with E-state index in [1.807, 2.05) is 0 Å². The second-order valence-corrected chi connectivity index (χ2v) is 9.92. The van der Waals surface area contributed by atoms with Crippen LogP contribution in [0.15, 0.2) is 29.4 Å². The molecule has 47 heavy (non-hydrogen) atoms. The zero-order valence-electron chi connectivity index (χ0n) is 26.5. The van der Waals surface area contributed by atoms with Crippen molar-refractivity contribution in [2.24, 2.45) is 5.10 Å². The Morgan fingerprint density at radius 1 is 0.787 bits per heavy atom. The first-order chi connectivity index (χ1) is 22.1. The van der Waals surface area contributed by atoms with Gasteiger partial charge in [-0.3, -0.25) is 38.1 Å². The van der Waals surface area contributed by atoms with E-state index in [1.54, 1.807) is 24.3 Å². The largest absolute Gasteiger partial charge is 0.462 e. The lowest BCUT2D eigenvalue weighted by molar-refractivity contribution is -0.197. The predicted molar refractivity (Wildman–Crippen MR) is 160 cm³/mol. The highest BCUT2D eigenvalue weighted by Crippen LogP contribution is 2.27. The van der Waals surface area contributed by atoms with Crippen LogP contribution in [0, 0.1) is 0 Å². The Balaban J connectivity index is 2.16. The number of amides is 1. The van der Waals surface area contributed by atoms with E-state index >= 15 is 0 Å². The number of ether oxygens (including phenoxy) is 5. The summed E-state index contributed by atoms with van der Waals surface area (Å²) in [6, 6.07) is 6.86. The number of esters is 5. The van der Waals surface area contributed by atoms with Crippen LogP contribution in [0.4, 0.5) is 5.95 Å². The molecule has 0 N–H and O–H groups in total. The van der Waals surface area contributed by atoms with Gasteiger partial charge in [-0.15, -0.1) is 10.2 Å². The Morgan fingerprint density at radius 3 is 1.94 bits per heavy atom. The monoisotopic (exact) mass is 656 g/mol. The van der Waals surface area contributed by atoms with Crippen LogP contribution < -0.4 is 5.01 Å². The number of hydrogen-bond acceptors (Lipinski definition) is 16. The summed E-state index contributed by atoms with van der Waals surface area (Å²) in [7, 11) is 0. The van der Waals surface area contributed by atoms with E-state index in [1.165, 1.54) is 11.5 Å². The first-order valence-electron chi connectivity index (χ1n) is 13.9. The van der Waals surface area contributed by atoms with Crippen LogP contribution in [0.25, 0.3) is 22.1 Å². The van der Waals surface area contributed by atoms with Gasteiger partial charge in [0, 0.05) is 53.9 Å². The molecular formula is C29H32N6O12. The molecular weight excluding hydrogens is 624 g/mol. The van der Waals surface area contributed by atoms with Crippen LogP contribution >= 0.6 is 0 Å². The molecule has 1 aromatic carbocycles. The summed E-state index contributed by atoms with van der Waals surface area (Å²) in [5, 5.41) is 13.5. The van der Waals surface area contributed by atoms with Gasteiger partial charge in [-0.1, -0.05) is 18.2 Å². The van der Waals surface area contributed by atoms with E-state index < -0.39 is 72.7 Å². The summed E-state index contributed by atoms with van der Waals surface area (Å²) in [4.78, 5) is 89.8. The molecule has 0 aliphatic heterocycles. The number of rotatable bonds is 12. The maximum atomic E-state index is 12.8. The molecule has 0 aliphatic carbocycles. The van der Waals surface area contributed by atoms with Gasteiger partial charge in [-0.05, 0) is 6.07 Å². The SMILES string of the molecule is CC(=O)OCC(OC(C)=O)C(OC(C)=O)C(OC(C)=O)C(C=NN(C(C)=O)c1nnc2c3ccccc3n(C(C)=O)c2n1)OC(C)=O. The van der Waals surface area contributed by atoms with Gasteiger partial charge in [0.05, 0.1) is 11.7 Å². The van der Waals surface area contributed by atoms with E-state index in [-0.39, 0.29) is 17.1 Å². The number of carbonyl (C=O) groups excluding carboxylic acids is 7. The van der Waals surface area contributed by atoms with Crippen LogP contribution in [0.5, 0.6) is 0 Å². The molecule has 4 unspecified atom stereocenters. The van der Waals surface area contributed by atoms with Crippen molar-refractivity contribution in [3.8, 4) is 0 Å². The van der Waals surface area contributed by atoms with Crippen LogP contribution in [0.2, 0.25) is 0 Å². The van der Waals surface area contributed by atoms with Crippen molar-refractivity contribution in [2.75, 3.05) is 11.6 Å². The van der Waals surface area contributed by atoms with Crippen LogP contribution in [-0.4, -0.2) is 98.6 Å². The lowest BCUT2D eigenvalue weighted by Gasteiger charge is -2.34. The zero-order valence-corrected chi connectivity index (χ0v) is 26.5. The van der Waals surface area contributed by atoms with Crippen molar-refractivity contribution >= 4 is 75.9 Å². The third-order valence-corrected chi connectivity index (χ3v) is 6.09. The standard InChI is InChI=1S/C29H32N6O12/c1-14(36)34-22-11-9-8-10-21(22)25-28(34)31-29(33-32-25)35(15(2)37)30-12-23(44-17(4)39)26(46-19(6)41)27(47-20(7)42)24(45-18(5)40)13-43-16(3)38/h8-12,23-24,26-27H,13H2,1-7H3. The highest BCUT2D eigenvalue weighted by molar-refractivity contribution is 6.10. The molecule has 18 heteroatoms. The number of nitrogens with zero attached hydrogens (tertiary/aromatic N) is 6. The maximum absolute atomic E-state index is 12.8. The fourth-order valence-electron chi connectivity index (χ4n) is 4.48. The highest BCUT2D eigenvalue weighted by Gasteiger charge is 2.43. The summed E-state index contributed by atoms with van der Waals surface area (Å²) in [6.07, 6.45) is -5.94. The van der Waals surface area contributed by atoms with Gasteiger partial charge in [0.25, 0.3) is 5.95 Å². The molecule has 3 aromatic rings. The summed E-state index contributed by atoms with van der Waals surface area (Å²) < 4.78 is 27.5. The number of hydrogen-bond donors (Lipinski definition) is 0. The van der Waals surface area contributed by atoms with Gasteiger partial charge < -0.3 is 23.7 Å². The lowest BCUT2D eigenvalue weighted by Crippen LogP contribution is -2.53. The fraction of sp³-hybridized carbons (Fsp3) is 0.414. The minimum atomic E-state index is -1.78. The molecule has 0 radical (unpaired) electrons. The summed E-state index contributed by atoms with van der Waals surface area (Å²) >= 11 is 0. The van der Waals surface area contributed by atoms with E-state index in [0.717, 1.165) is 47.8 Å². The molecule has 0 spiro atoms. The van der Waals surface area contributed by atoms with Crippen molar-refractivity contribution in [2.45, 2.75) is 72.9 Å². The Kier molecular flexibility index (Phi) is 11.7. The Morgan fingerprint density at radius 2 is 1.38 bits per heavy atom. The third kappa shape index (κ3) is 9.12. The van der Waals surface area contributed by atoms with Crippen molar-refractivity contribution in [3.63, 3.8) is 0 Å². The highest BCUT2D eigenvalue weighted by atomic mass is 16.6. The first kappa shape index (κ1) is 35.7. The molecule has 18 nitrogen and oxygen atoms in total. The molecule has 0 bridgehead atoms. The van der Waals surface area contributed by atoms with E-state index in [4.69, 9.17) is 23.7 Å². The van der Waals surface area contributed by atoms with Gasteiger partial charge in [-0.2, -0.15) is 15.1 Å². The molecule has 0 aliphatic rings. The molecule has 0 saturated heterocycles. The molecule has 3 rings (SSSR count). The van der Waals surface area contributed by atoms with Gasteiger partial charge in [0.2, 0.25) is 11.8 Å². The number of para-hydroxylation sites is 1. The molecule has 250 valence electrons. The summed E-state index contributed by atoms with van der Waals surface area (Å²) in [5.74, 6) is -6.03. The summed E-state index contributed by atoms with van der Waals surface area (Å²) in [5.41, 5.74) is 0.843. The van der Waals surface area contributed by atoms with Crippen LogP contribution in [0.3, 0.4) is 0 Å². The minimum Gasteiger partial charge on any atom is -0.462 e. The Bertz CT molecular complexity index is 1750. The van der Waals surface area contributed by atoms with Crippen LogP contribution in [-0.2, 0) is 52.5 Å². The maximum Gasteiger partial charge on any atom is 0.303 e. The molecule has 0 fully saturated rings. The Hall–Kier alpha value is -5.81. The first-order valence-corrected chi connectivity index (χ1v) is 13.9. The average molecular weight is 657 g/mol. The molecule has 2 heterocycles. The van der Waals surface area contributed by atoms with Gasteiger partial charge in [-0.25, -0.2) is 0 Å². The van der Waals surface area contributed by atoms with E-state index in [0.29, 0.717) is 15.9 Å². The third-order valence-electron chi connectivity index (χ3n) is 6.09. The Labute approximate surface area is 266 Å². The number of fused-ring (bicyclic) bond motifs is 3. The van der Waals surface area contributed by atoms with Gasteiger partial charge in [0.15, 0.2) is 30.1 Å². The zero-order chi connectivity index (χ0) is 35.0. The number of benzene rings is 1. The fourth-order valence-corrected chi connectivity index (χ4v) is 4.48. The number of hydrazone groups is 1. The molecule has 1 amide bonds. The smallest absolute Gasteiger partial charge is 0.303 e. The minimum absolute atomic E-state index is 0.0732. The topological polar surface area (TPSA) is 225 Å². The predicted octanol–water partition coefficient (Wildman–Crippen LogP) is 1.27. The van der Waals surface area contributed by atoms with Crippen molar-refractivity contribution in [1.82, 2.24) is 19.7 Å².